The van der Waals surface area contributed by atoms with Crippen molar-refractivity contribution in [2.24, 2.45) is 11.8 Å². The number of hydrogen-bond donors (Lipinski definition) is 1. The van der Waals surface area contributed by atoms with Gasteiger partial charge in [-0.3, -0.25) is 4.90 Å². The average molecular weight is 251 g/mol. The van der Waals surface area contributed by atoms with Crippen LogP contribution < -0.4 is 0 Å². The van der Waals surface area contributed by atoms with E-state index in [0.29, 0.717) is 5.92 Å². The molecule has 1 spiro atoms. The Kier molecular flexibility index (Phi) is 2.72. The maximum absolute atomic E-state index is 10.0. The topological polar surface area (TPSA) is 32.7 Å². The van der Waals surface area contributed by atoms with E-state index in [2.05, 4.69) is 4.90 Å². The Bertz CT molecular complexity index is 328. The molecule has 3 nitrogen and oxygen atoms in total. The summed E-state index contributed by atoms with van der Waals surface area (Å²) >= 11 is 0. The maximum atomic E-state index is 10.0. The van der Waals surface area contributed by atoms with Crippen molar-refractivity contribution in [2.75, 3.05) is 19.7 Å². The summed E-state index contributed by atoms with van der Waals surface area (Å²) in [6.45, 7) is 3.34. The van der Waals surface area contributed by atoms with Crippen LogP contribution in [0.15, 0.2) is 0 Å². The van der Waals surface area contributed by atoms with Gasteiger partial charge in [0.2, 0.25) is 0 Å². The number of aliphatic hydroxyl groups excluding tert-OH is 1. The molecule has 4 aliphatic rings. The fourth-order valence-electron chi connectivity index (χ4n) is 4.80. The SMILES string of the molecule is OC1CCC2CN(C3CCOC4(CCC4)C3)CC12. The highest BCUT2D eigenvalue weighted by molar-refractivity contribution is 5.00. The highest BCUT2D eigenvalue weighted by atomic mass is 16.5. The molecule has 3 heteroatoms. The molecule has 0 aromatic rings. The minimum absolute atomic E-state index is 0.0162. The molecule has 4 atom stereocenters. The average Bonchev–Trinajstić information content (AvgIpc) is 2.90. The second kappa shape index (κ2) is 4.19. The van der Waals surface area contributed by atoms with Crippen molar-refractivity contribution in [3.63, 3.8) is 0 Å². The fraction of sp³-hybridized carbons (Fsp3) is 1.00. The van der Waals surface area contributed by atoms with E-state index in [1.165, 1.54) is 45.1 Å². The van der Waals surface area contributed by atoms with Crippen LogP contribution in [0.25, 0.3) is 0 Å². The van der Waals surface area contributed by atoms with E-state index in [-0.39, 0.29) is 11.7 Å². The van der Waals surface area contributed by atoms with E-state index in [1.807, 2.05) is 0 Å². The van der Waals surface area contributed by atoms with Crippen LogP contribution in [0.2, 0.25) is 0 Å². The van der Waals surface area contributed by atoms with Gasteiger partial charge in [-0.1, -0.05) is 0 Å². The minimum atomic E-state index is -0.0162. The van der Waals surface area contributed by atoms with Crippen molar-refractivity contribution in [1.82, 2.24) is 4.90 Å². The van der Waals surface area contributed by atoms with Gasteiger partial charge in [0, 0.05) is 31.7 Å². The van der Waals surface area contributed by atoms with E-state index in [9.17, 15) is 5.11 Å². The van der Waals surface area contributed by atoms with Gasteiger partial charge >= 0.3 is 0 Å². The van der Waals surface area contributed by atoms with Crippen LogP contribution in [-0.2, 0) is 4.74 Å². The predicted molar refractivity (Wildman–Crippen MR) is 69.3 cm³/mol. The summed E-state index contributed by atoms with van der Waals surface area (Å²) in [6.07, 6.45) is 8.66. The number of ether oxygens (including phenoxy) is 1. The molecule has 0 bridgehead atoms. The van der Waals surface area contributed by atoms with Crippen LogP contribution in [0.3, 0.4) is 0 Å². The number of nitrogens with zero attached hydrogens (tertiary/aromatic N) is 1. The van der Waals surface area contributed by atoms with E-state index in [0.717, 1.165) is 31.5 Å². The molecule has 2 saturated carbocycles. The quantitative estimate of drug-likeness (QED) is 0.771. The summed E-state index contributed by atoms with van der Waals surface area (Å²) in [5.74, 6) is 1.35. The Morgan fingerprint density at radius 3 is 2.72 bits per heavy atom. The molecule has 2 saturated heterocycles. The molecular weight excluding hydrogens is 226 g/mol. The molecule has 2 heterocycles. The largest absolute Gasteiger partial charge is 0.393 e. The normalized spacial score (nSPS) is 47.2. The molecule has 2 aliphatic carbocycles. The molecule has 4 rings (SSSR count). The Labute approximate surface area is 109 Å². The lowest BCUT2D eigenvalue weighted by Crippen LogP contribution is -2.51. The molecule has 0 amide bonds. The molecule has 1 N–H and O–H groups in total. The Hall–Kier alpha value is -0.120. The van der Waals surface area contributed by atoms with Crippen LogP contribution in [0.5, 0.6) is 0 Å². The third kappa shape index (κ3) is 1.75. The van der Waals surface area contributed by atoms with Crippen molar-refractivity contribution in [2.45, 2.75) is 62.7 Å². The lowest BCUT2D eigenvalue weighted by atomic mass is 9.73. The van der Waals surface area contributed by atoms with Crippen molar-refractivity contribution >= 4 is 0 Å². The first-order chi connectivity index (χ1) is 8.76. The van der Waals surface area contributed by atoms with Crippen LogP contribution in [-0.4, -0.2) is 47.4 Å². The summed E-state index contributed by atoms with van der Waals surface area (Å²) in [5.41, 5.74) is 0.263. The fourth-order valence-corrected chi connectivity index (χ4v) is 4.80. The molecule has 2 aliphatic heterocycles. The van der Waals surface area contributed by atoms with E-state index >= 15 is 0 Å². The predicted octanol–water partition coefficient (Wildman–Crippen LogP) is 1.79. The van der Waals surface area contributed by atoms with Crippen molar-refractivity contribution < 1.29 is 9.84 Å². The Balaban J connectivity index is 1.42. The second-order valence-electron chi connectivity index (χ2n) is 7.05. The molecule has 0 aromatic heterocycles. The zero-order valence-electron chi connectivity index (χ0n) is 11.2. The minimum Gasteiger partial charge on any atom is -0.393 e. The summed E-state index contributed by atoms with van der Waals surface area (Å²) in [4.78, 5) is 2.68. The Morgan fingerprint density at radius 1 is 1.11 bits per heavy atom. The van der Waals surface area contributed by atoms with Crippen LogP contribution in [0, 0.1) is 11.8 Å². The van der Waals surface area contributed by atoms with Crippen molar-refractivity contribution in [3.05, 3.63) is 0 Å². The van der Waals surface area contributed by atoms with Gasteiger partial charge in [-0.05, 0) is 50.9 Å². The number of rotatable bonds is 1. The lowest BCUT2D eigenvalue weighted by molar-refractivity contribution is -0.147. The van der Waals surface area contributed by atoms with Gasteiger partial charge in [0.1, 0.15) is 0 Å². The molecule has 4 unspecified atom stereocenters. The third-order valence-electron chi connectivity index (χ3n) is 6.10. The maximum Gasteiger partial charge on any atom is 0.0697 e. The molecular formula is C15H25NO2. The second-order valence-corrected chi connectivity index (χ2v) is 7.05. The highest BCUT2D eigenvalue weighted by Crippen LogP contribution is 2.46. The molecule has 0 aromatic carbocycles. The van der Waals surface area contributed by atoms with Gasteiger partial charge in [-0.15, -0.1) is 0 Å². The summed E-state index contributed by atoms with van der Waals surface area (Å²) < 4.78 is 6.03. The lowest BCUT2D eigenvalue weighted by Gasteiger charge is -2.49. The molecule has 18 heavy (non-hydrogen) atoms. The standard InChI is InChI=1S/C15H25NO2/c17-14-3-2-11-9-16(10-13(11)14)12-4-7-18-15(8-12)5-1-6-15/h11-14,17H,1-10H2. The van der Waals surface area contributed by atoms with Crippen LogP contribution >= 0.6 is 0 Å². The first-order valence-corrected chi connectivity index (χ1v) is 7.82. The third-order valence-corrected chi connectivity index (χ3v) is 6.10. The van der Waals surface area contributed by atoms with Gasteiger partial charge in [0.15, 0.2) is 0 Å². The van der Waals surface area contributed by atoms with Crippen LogP contribution in [0.1, 0.15) is 44.9 Å². The number of fused-ring (bicyclic) bond motifs is 1. The van der Waals surface area contributed by atoms with Gasteiger partial charge in [0.05, 0.1) is 11.7 Å². The van der Waals surface area contributed by atoms with Crippen LogP contribution in [0.4, 0.5) is 0 Å². The first-order valence-electron chi connectivity index (χ1n) is 7.82. The smallest absolute Gasteiger partial charge is 0.0697 e. The van der Waals surface area contributed by atoms with Gasteiger partial charge in [-0.2, -0.15) is 0 Å². The van der Waals surface area contributed by atoms with Gasteiger partial charge < -0.3 is 9.84 Å². The number of hydrogen-bond acceptors (Lipinski definition) is 3. The monoisotopic (exact) mass is 251 g/mol. The van der Waals surface area contributed by atoms with E-state index in [4.69, 9.17) is 4.74 Å². The van der Waals surface area contributed by atoms with Gasteiger partial charge in [0.25, 0.3) is 0 Å². The summed E-state index contributed by atoms with van der Waals surface area (Å²) in [6, 6.07) is 0.733. The summed E-state index contributed by atoms with van der Waals surface area (Å²) in [7, 11) is 0. The molecule has 0 radical (unpaired) electrons. The molecule has 102 valence electrons. The summed E-state index contributed by atoms with van der Waals surface area (Å²) in [5, 5.41) is 10.0. The van der Waals surface area contributed by atoms with Gasteiger partial charge in [-0.25, -0.2) is 0 Å². The van der Waals surface area contributed by atoms with E-state index in [1.54, 1.807) is 0 Å². The van der Waals surface area contributed by atoms with Crippen molar-refractivity contribution in [1.29, 1.82) is 0 Å². The zero-order valence-corrected chi connectivity index (χ0v) is 11.2. The first kappa shape index (κ1) is 11.7. The number of likely N-dealkylation sites (tertiary alicyclic amines) is 1. The molecule has 4 fully saturated rings. The number of aliphatic hydroxyl groups is 1. The van der Waals surface area contributed by atoms with E-state index < -0.39 is 0 Å². The Morgan fingerprint density at radius 2 is 2.00 bits per heavy atom. The zero-order chi connectivity index (χ0) is 12.2. The van der Waals surface area contributed by atoms with Crippen molar-refractivity contribution in [3.8, 4) is 0 Å². The highest BCUT2D eigenvalue weighted by Gasteiger charge is 2.48.